The predicted octanol–water partition coefficient (Wildman–Crippen LogP) is 5.05. The Kier molecular flexibility index (Phi) is 6.83. The van der Waals surface area contributed by atoms with E-state index in [9.17, 15) is 4.79 Å². The van der Waals surface area contributed by atoms with Gasteiger partial charge in [-0.3, -0.25) is 4.90 Å². The number of benzene rings is 1. The average Bonchev–Trinajstić information content (AvgIpc) is 3.43. The van der Waals surface area contributed by atoms with E-state index in [0.29, 0.717) is 12.0 Å². The minimum atomic E-state index is -0.455. The first-order chi connectivity index (χ1) is 14.0. The first kappa shape index (κ1) is 23.1. The number of carbonyl (C=O) groups excluding carboxylic acids is 1. The van der Waals surface area contributed by atoms with E-state index in [4.69, 9.17) is 10.5 Å². The van der Waals surface area contributed by atoms with Gasteiger partial charge in [0.1, 0.15) is 5.60 Å². The molecule has 0 spiro atoms. The van der Waals surface area contributed by atoms with Gasteiger partial charge in [-0.25, -0.2) is 4.79 Å². The lowest BCUT2D eigenvalue weighted by Gasteiger charge is -2.41. The Morgan fingerprint density at radius 3 is 2.23 bits per heavy atom. The van der Waals surface area contributed by atoms with Gasteiger partial charge < -0.3 is 15.4 Å². The van der Waals surface area contributed by atoms with E-state index in [1.54, 1.807) is 4.90 Å². The highest BCUT2D eigenvalue weighted by molar-refractivity contribution is 5.68. The van der Waals surface area contributed by atoms with Gasteiger partial charge in [0.25, 0.3) is 0 Å². The molecule has 1 aliphatic heterocycles. The number of likely N-dealkylation sites (tertiary alicyclic amines) is 1. The van der Waals surface area contributed by atoms with Gasteiger partial charge in [0.05, 0.1) is 0 Å². The molecule has 1 aliphatic carbocycles. The maximum Gasteiger partial charge on any atom is 0.410 e. The quantitative estimate of drug-likeness (QED) is 0.706. The lowest BCUT2D eigenvalue weighted by atomic mass is 9.91. The summed E-state index contributed by atoms with van der Waals surface area (Å²) in [4.78, 5) is 16.8. The molecule has 1 aromatic carbocycles. The van der Waals surface area contributed by atoms with Crippen molar-refractivity contribution in [2.24, 2.45) is 11.7 Å². The number of piperidine rings is 1. The molecule has 2 fully saturated rings. The second kappa shape index (κ2) is 8.88. The summed E-state index contributed by atoms with van der Waals surface area (Å²) in [5.41, 5.74) is 8.50. The fourth-order valence-electron chi connectivity index (χ4n) is 4.47. The second-order valence-corrected chi connectivity index (χ2v) is 10.8. The van der Waals surface area contributed by atoms with Crippen LogP contribution in [0.25, 0.3) is 0 Å². The Bertz CT molecular complexity index is 711. The molecular weight excluding hydrogens is 374 g/mol. The summed E-state index contributed by atoms with van der Waals surface area (Å²) >= 11 is 0. The number of ether oxygens (including phenoxy) is 1. The van der Waals surface area contributed by atoms with Crippen LogP contribution in [0.2, 0.25) is 0 Å². The highest BCUT2D eigenvalue weighted by Crippen LogP contribution is 2.43. The van der Waals surface area contributed by atoms with Crippen LogP contribution in [0.5, 0.6) is 0 Å². The van der Waals surface area contributed by atoms with Crippen LogP contribution < -0.4 is 5.73 Å². The highest BCUT2D eigenvalue weighted by Gasteiger charge is 2.40. The minimum Gasteiger partial charge on any atom is -0.444 e. The average molecular weight is 416 g/mol. The zero-order valence-electron chi connectivity index (χ0n) is 19.8. The van der Waals surface area contributed by atoms with Gasteiger partial charge in [-0.2, -0.15) is 0 Å². The van der Waals surface area contributed by atoms with Gasteiger partial charge in [-0.15, -0.1) is 0 Å². The molecule has 2 aliphatic rings. The van der Waals surface area contributed by atoms with Crippen LogP contribution in [0, 0.1) is 5.92 Å². The van der Waals surface area contributed by atoms with Gasteiger partial charge in [-0.1, -0.05) is 38.1 Å². The Balaban J connectivity index is 1.63. The largest absolute Gasteiger partial charge is 0.444 e. The molecule has 30 heavy (non-hydrogen) atoms. The maximum atomic E-state index is 12.4. The molecule has 1 saturated heterocycles. The van der Waals surface area contributed by atoms with Crippen molar-refractivity contribution >= 4 is 6.09 Å². The Morgan fingerprint density at radius 1 is 1.20 bits per heavy atom. The van der Waals surface area contributed by atoms with E-state index in [0.717, 1.165) is 45.2 Å². The summed E-state index contributed by atoms with van der Waals surface area (Å²) in [6.45, 7) is 12.3. The summed E-state index contributed by atoms with van der Waals surface area (Å²) < 4.78 is 5.56. The van der Waals surface area contributed by atoms with Crippen molar-refractivity contribution in [1.29, 1.82) is 0 Å². The summed E-state index contributed by atoms with van der Waals surface area (Å²) in [5, 5.41) is 0. The monoisotopic (exact) mass is 415 g/mol. The van der Waals surface area contributed by atoms with Crippen molar-refractivity contribution in [2.75, 3.05) is 20.1 Å². The second-order valence-electron chi connectivity index (χ2n) is 10.8. The van der Waals surface area contributed by atoms with Crippen molar-refractivity contribution in [3.05, 3.63) is 35.4 Å². The van der Waals surface area contributed by atoms with Gasteiger partial charge in [-0.05, 0) is 69.9 Å². The van der Waals surface area contributed by atoms with E-state index in [1.807, 2.05) is 27.8 Å². The highest BCUT2D eigenvalue weighted by atomic mass is 16.6. The summed E-state index contributed by atoms with van der Waals surface area (Å²) in [6.07, 6.45) is 5.08. The number of hydrogen-bond donors (Lipinski definition) is 1. The van der Waals surface area contributed by atoms with Crippen molar-refractivity contribution in [2.45, 2.75) is 89.9 Å². The molecule has 5 heteroatoms. The maximum absolute atomic E-state index is 12.4. The molecule has 1 heterocycles. The topological polar surface area (TPSA) is 58.8 Å². The molecular formula is C25H41N3O2. The third kappa shape index (κ3) is 5.76. The van der Waals surface area contributed by atoms with Gasteiger partial charge in [0.15, 0.2) is 0 Å². The van der Waals surface area contributed by atoms with Gasteiger partial charge in [0, 0.05) is 37.8 Å². The molecule has 0 aromatic heterocycles. The van der Waals surface area contributed by atoms with Crippen LogP contribution >= 0.6 is 0 Å². The molecule has 168 valence electrons. The zero-order valence-corrected chi connectivity index (χ0v) is 19.8. The SMILES string of the molecule is CC(C)CC(c1ccc(C2(N)CC2)cc1)N1CCC(N(C)C(=O)OC(C)(C)C)CC1. The standard InChI is InChI=1S/C25H41N3O2/c1-18(2)17-22(19-7-9-20(10-8-19)25(26)13-14-25)28-15-11-21(12-16-28)27(6)23(29)30-24(3,4)5/h7-10,18,21-22H,11-17,26H2,1-6H3. The molecule has 5 nitrogen and oxygen atoms in total. The zero-order chi connectivity index (χ0) is 22.1. The van der Waals surface area contributed by atoms with Crippen LogP contribution in [-0.4, -0.2) is 47.7 Å². The molecule has 0 radical (unpaired) electrons. The number of nitrogens with two attached hydrogens (primary N) is 1. The predicted molar refractivity (Wildman–Crippen MR) is 122 cm³/mol. The van der Waals surface area contributed by atoms with Crippen LogP contribution in [0.3, 0.4) is 0 Å². The van der Waals surface area contributed by atoms with Crippen LogP contribution in [0.1, 0.15) is 83.9 Å². The number of carbonyl (C=O) groups is 1. The van der Waals surface area contributed by atoms with Gasteiger partial charge >= 0.3 is 6.09 Å². The number of rotatable bonds is 6. The summed E-state index contributed by atoms with van der Waals surface area (Å²) in [7, 11) is 1.87. The smallest absolute Gasteiger partial charge is 0.410 e. The van der Waals surface area contributed by atoms with Crippen LogP contribution in [0.4, 0.5) is 4.79 Å². The van der Waals surface area contributed by atoms with Crippen LogP contribution in [0.15, 0.2) is 24.3 Å². The molecule has 1 atom stereocenters. The van der Waals surface area contributed by atoms with E-state index < -0.39 is 5.60 Å². The summed E-state index contributed by atoms with van der Waals surface area (Å²) in [5.74, 6) is 0.626. The van der Waals surface area contributed by atoms with Crippen molar-refractivity contribution in [1.82, 2.24) is 9.80 Å². The third-order valence-electron chi connectivity index (χ3n) is 6.52. The van der Waals surface area contributed by atoms with Crippen LogP contribution in [-0.2, 0) is 10.3 Å². The Hall–Kier alpha value is -1.59. The molecule has 3 rings (SSSR count). The molecule has 1 amide bonds. The number of nitrogens with zero attached hydrogens (tertiary/aromatic N) is 2. The Morgan fingerprint density at radius 2 is 1.77 bits per heavy atom. The lowest BCUT2D eigenvalue weighted by Crippen LogP contribution is -2.47. The third-order valence-corrected chi connectivity index (χ3v) is 6.52. The van der Waals surface area contributed by atoms with Gasteiger partial charge in [0.2, 0.25) is 0 Å². The van der Waals surface area contributed by atoms with E-state index in [2.05, 4.69) is 43.0 Å². The molecule has 1 aromatic rings. The molecule has 1 saturated carbocycles. The Labute approximate surface area is 182 Å². The number of hydrogen-bond acceptors (Lipinski definition) is 4. The van der Waals surface area contributed by atoms with E-state index >= 15 is 0 Å². The number of amides is 1. The van der Waals surface area contributed by atoms with Crippen molar-refractivity contribution in [3.63, 3.8) is 0 Å². The van der Waals surface area contributed by atoms with E-state index in [1.165, 1.54) is 11.1 Å². The first-order valence-corrected chi connectivity index (χ1v) is 11.6. The summed E-state index contributed by atoms with van der Waals surface area (Å²) in [6, 6.07) is 9.70. The molecule has 2 N–H and O–H groups in total. The lowest BCUT2D eigenvalue weighted by molar-refractivity contribution is 0.0122. The molecule has 1 unspecified atom stereocenters. The van der Waals surface area contributed by atoms with Crippen molar-refractivity contribution in [3.8, 4) is 0 Å². The minimum absolute atomic E-state index is 0.0727. The normalized spacial score (nSPS) is 20.8. The first-order valence-electron chi connectivity index (χ1n) is 11.6. The van der Waals surface area contributed by atoms with E-state index in [-0.39, 0.29) is 17.7 Å². The molecule has 0 bridgehead atoms. The fourth-order valence-corrected chi connectivity index (χ4v) is 4.47. The fraction of sp³-hybridized carbons (Fsp3) is 0.720. The van der Waals surface area contributed by atoms with Crippen molar-refractivity contribution < 1.29 is 9.53 Å².